The molecule has 5 saturated heterocycles. The monoisotopic (exact) mass is 2000 g/mol. The lowest BCUT2D eigenvalue weighted by Gasteiger charge is -2.27. The first-order valence-corrected chi connectivity index (χ1v) is 48.1. The molecule has 5 aliphatic heterocycles. The Morgan fingerprint density at radius 1 is 0.331 bits per heavy atom. The summed E-state index contributed by atoms with van der Waals surface area (Å²) in [6.07, 6.45) is 16.3. The topological polar surface area (TPSA) is 319 Å². The summed E-state index contributed by atoms with van der Waals surface area (Å²) < 4.78 is 224. The summed E-state index contributed by atoms with van der Waals surface area (Å²) in [5.74, 6) is -3.10. The van der Waals surface area contributed by atoms with Crippen LogP contribution in [0, 0.1) is 42.9 Å². The van der Waals surface area contributed by atoms with E-state index in [0.29, 0.717) is 57.8 Å². The van der Waals surface area contributed by atoms with E-state index in [2.05, 4.69) is 74.9 Å². The van der Waals surface area contributed by atoms with Gasteiger partial charge in [0.25, 0.3) is 0 Å². The summed E-state index contributed by atoms with van der Waals surface area (Å²) in [6.45, 7) is 11.2. The van der Waals surface area contributed by atoms with Gasteiger partial charge in [-0.25, -0.2) is 51.9 Å². The maximum absolute atomic E-state index is 14.0. The van der Waals surface area contributed by atoms with Gasteiger partial charge in [0, 0.05) is 75.3 Å². The van der Waals surface area contributed by atoms with Crippen LogP contribution in [0.1, 0.15) is 115 Å². The van der Waals surface area contributed by atoms with E-state index in [4.69, 9.17) is 70.6 Å². The number of fused-ring (bicyclic) bond motifs is 5. The highest BCUT2D eigenvalue weighted by molar-refractivity contribution is 9.10. The highest BCUT2D eigenvalue weighted by atomic mass is 79.9. The van der Waals surface area contributed by atoms with Crippen LogP contribution in [-0.2, 0) is 40.5 Å². The first-order chi connectivity index (χ1) is 59.7. The van der Waals surface area contributed by atoms with Crippen molar-refractivity contribution in [2.45, 2.75) is 133 Å². The van der Waals surface area contributed by atoms with Crippen LogP contribution in [0.25, 0.3) is 54.5 Å². The van der Waals surface area contributed by atoms with Gasteiger partial charge in [0.1, 0.15) is 44.0 Å². The number of anilines is 5. The number of nitrogens with zero attached hydrogens (tertiary/aromatic N) is 15. The zero-order valence-electron chi connectivity index (χ0n) is 67.1. The minimum absolute atomic E-state index is 0. The number of aryl methyl sites for hydroxylation is 2. The molecule has 12 aromatic rings. The number of aromatic nitrogens is 10. The molecular formula is C82H81BrCl5F8N15O12S4. The van der Waals surface area contributed by atoms with Gasteiger partial charge in [-0.3, -0.25) is 0 Å². The van der Waals surface area contributed by atoms with Crippen molar-refractivity contribution in [2.75, 3.05) is 96.2 Å². The lowest BCUT2D eigenvalue weighted by molar-refractivity contribution is -0.0501. The fourth-order valence-electron chi connectivity index (χ4n) is 14.0. The van der Waals surface area contributed by atoms with E-state index in [1.165, 1.54) is 55.0 Å². The van der Waals surface area contributed by atoms with Crippen LogP contribution in [0.3, 0.4) is 0 Å². The first-order valence-electron chi connectivity index (χ1n) is 39.4. The Labute approximate surface area is 760 Å². The number of hydrogen-bond donors (Lipinski definition) is 0. The second-order valence-corrected chi connectivity index (χ2v) is 38.8. The minimum Gasteiger partial charge on any atom is -0.361 e. The van der Waals surface area contributed by atoms with Crippen molar-refractivity contribution in [3.63, 3.8) is 0 Å². The molecule has 5 fully saturated rings. The third-order valence-corrected chi connectivity index (χ3v) is 26.1. The van der Waals surface area contributed by atoms with E-state index in [0.717, 1.165) is 196 Å². The van der Waals surface area contributed by atoms with E-state index in [1.54, 1.807) is 29.2 Å². The van der Waals surface area contributed by atoms with Crippen molar-refractivity contribution in [2.24, 2.45) is 0 Å². The molecule has 10 heterocycles. The maximum atomic E-state index is 14.0. The Balaban J connectivity index is 0.000000145. The number of piperidine rings is 5. The SMILES string of the molecule is C.CS(=O)(=O)Oc1nc(N2CCCCC2)nc2c(Cl)cc(F)cc12.Cc1ccc(S(=O)(=O)Oc2nc(N3CCCCC3)nc3c(Br)cc(F)cc23)cc1.Cc1ccc(S(=O)(=O)Oc2nc(N3CCCCC3)nc3c(Cl)cc(F)cc23)cc1.Fc1cc(Cl)c2nc(N3CCCCC3)nc(Cl)c2c1.O=S(=O)(Oc1nc(N2CCCCC2)nc2c(Cl)cc(F)cc12)C(F)(F)F. The fraction of sp³-hybridized carbons (Fsp3) is 0.366. The van der Waals surface area contributed by atoms with Gasteiger partial charge in [0.05, 0.1) is 75.5 Å². The Hall–Kier alpha value is -9.39. The van der Waals surface area contributed by atoms with Gasteiger partial charge in [-0.15, -0.1) is 0 Å². The van der Waals surface area contributed by atoms with Gasteiger partial charge in [0.2, 0.25) is 53.3 Å². The van der Waals surface area contributed by atoms with Gasteiger partial charge in [0.15, 0.2) is 0 Å². The van der Waals surface area contributed by atoms with Crippen LogP contribution in [-0.4, -0.2) is 161 Å². The molecule has 0 atom stereocenters. The normalized spacial score (nSPS) is 15.4. The molecule has 0 saturated carbocycles. The molecule has 5 aromatic heterocycles. The maximum Gasteiger partial charge on any atom is 0.534 e. The highest BCUT2D eigenvalue weighted by Gasteiger charge is 2.49. The van der Waals surface area contributed by atoms with Gasteiger partial charge < -0.3 is 41.2 Å². The molecule has 0 spiro atoms. The van der Waals surface area contributed by atoms with Crippen LogP contribution in [0.2, 0.25) is 25.2 Å². The molecule has 7 aromatic carbocycles. The predicted octanol–water partition coefficient (Wildman–Crippen LogP) is 20.2. The number of hydrogen-bond acceptors (Lipinski definition) is 27. The van der Waals surface area contributed by atoms with Crippen molar-refractivity contribution in [3.8, 4) is 23.5 Å². The molecule has 45 heteroatoms. The Bertz CT molecular complexity index is 6380. The van der Waals surface area contributed by atoms with Crippen molar-refractivity contribution < 1.29 is 85.5 Å². The molecule has 0 unspecified atom stereocenters. The Morgan fingerprint density at radius 3 is 0.866 bits per heavy atom. The number of rotatable bonds is 15. The molecule has 0 aliphatic carbocycles. The average Bonchev–Trinajstić information content (AvgIpc) is 0.787. The number of benzene rings is 7. The van der Waals surface area contributed by atoms with Crippen molar-refractivity contribution >= 4 is 199 Å². The summed E-state index contributed by atoms with van der Waals surface area (Å²) in [6, 6.07) is 23.7. The van der Waals surface area contributed by atoms with E-state index >= 15 is 0 Å². The fourth-order valence-corrected chi connectivity index (χ4v) is 18.4. The van der Waals surface area contributed by atoms with Crippen molar-refractivity contribution in [1.82, 2.24) is 49.8 Å². The predicted molar refractivity (Wildman–Crippen MR) is 476 cm³/mol. The molecule has 0 bridgehead atoms. The molecule has 27 nitrogen and oxygen atoms in total. The second-order valence-electron chi connectivity index (χ2n) is 29.8. The van der Waals surface area contributed by atoms with Crippen molar-refractivity contribution in [1.29, 1.82) is 0 Å². The third kappa shape index (κ3) is 24.2. The lowest BCUT2D eigenvalue weighted by Crippen LogP contribution is -2.32. The van der Waals surface area contributed by atoms with E-state index < -0.39 is 80.9 Å². The van der Waals surface area contributed by atoms with E-state index in [9.17, 15) is 68.8 Å². The number of halogens is 14. The standard InChI is InChI=1S/C20H19BrFN3O3S.C20H19ClFN3O3S.C14H12ClF4N3O3S.C14H15ClFN3O3S.C13H12Cl2FN3.CH4/c2*1-13-5-7-15(8-6-13)29(26,27)28-19-16-11-14(22)12-17(21)18(16)23-20(24-19)25-9-3-2-4-10-25;15-10-7-8(16)6-9-11(10)20-13(22-4-2-1-3-5-22)21-12(9)25-26(23,24)14(17,18)19;1-23(20,21)22-13-10-7-9(16)8-11(15)12(10)17-14(18-13)19-5-3-2-4-6-19;14-10-7-8(16)6-9-11(10)17-13(18-12(9)15)19-4-2-1-3-5-19;/h2*5-8,11-12H,2-4,9-10H2,1H3;6-7H,1-5H2;7-8H,2-6H2,1H3;6-7H,1-5H2;1H4. The third-order valence-electron chi connectivity index (χ3n) is 20.2. The second kappa shape index (κ2) is 41.2. The molecular weight excluding hydrogens is 1920 g/mol. The lowest BCUT2D eigenvalue weighted by atomic mass is 10.1. The van der Waals surface area contributed by atoms with Crippen LogP contribution < -0.4 is 41.2 Å². The quantitative estimate of drug-likeness (QED) is 0.0398. The average molecular weight is 2010 g/mol. The summed E-state index contributed by atoms with van der Waals surface area (Å²) in [7, 11) is -18.1. The van der Waals surface area contributed by atoms with Gasteiger partial charge in [-0.05, 0) is 211 Å². The summed E-state index contributed by atoms with van der Waals surface area (Å²) in [5.41, 5.74) is -2.50. The largest absolute Gasteiger partial charge is 0.534 e. The molecule has 0 N–H and O–H groups in total. The van der Waals surface area contributed by atoms with Crippen LogP contribution in [0.15, 0.2) is 123 Å². The molecule has 0 radical (unpaired) electrons. The van der Waals surface area contributed by atoms with E-state index in [-0.39, 0.29) is 104 Å². The smallest absolute Gasteiger partial charge is 0.361 e. The number of alkyl halides is 3. The van der Waals surface area contributed by atoms with Gasteiger partial charge in [-0.2, -0.15) is 66.8 Å². The van der Waals surface area contributed by atoms with Gasteiger partial charge >= 0.3 is 46.0 Å². The Kier molecular flexibility index (Phi) is 31.3. The zero-order chi connectivity index (χ0) is 90.3. The van der Waals surface area contributed by atoms with Crippen molar-refractivity contribution in [3.05, 3.63) is 179 Å². The highest BCUT2D eigenvalue weighted by Crippen LogP contribution is 2.41. The van der Waals surface area contributed by atoms with Gasteiger partial charge in [-0.1, -0.05) is 101 Å². The molecule has 5 aliphatic rings. The minimum atomic E-state index is -5.99. The summed E-state index contributed by atoms with van der Waals surface area (Å²) >= 11 is 33.7. The first kappa shape index (κ1) is 96.7. The molecule has 17 rings (SSSR count). The van der Waals surface area contributed by atoms with Crippen LogP contribution in [0.5, 0.6) is 23.5 Å². The zero-order valence-corrected chi connectivity index (χ0v) is 75.7. The summed E-state index contributed by atoms with van der Waals surface area (Å²) in [5, 5.41) is 0.952. The van der Waals surface area contributed by atoms with E-state index in [1.807, 2.05) is 28.5 Å². The molecule has 678 valence electrons. The van der Waals surface area contributed by atoms with Crippen LogP contribution >= 0.6 is 73.9 Å². The Morgan fingerprint density at radius 2 is 0.575 bits per heavy atom. The molecule has 0 amide bonds. The van der Waals surface area contributed by atoms with Crippen LogP contribution in [0.4, 0.5) is 64.9 Å². The molecule has 127 heavy (non-hydrogen) atoms. The summed E-state index contributed by atoms with van der Waals surface area (Å²) in [4.78, 5) is 52.5.